The zero-order chi connectivity index (χ0) is 24.8. The molecule has 0 fully saturated rings. The van der Waals surface area contributed by atoms with Crippen LogP contribution >= 0.6 is 0 Å². The van der Waals surface area contributed by atoms with E-state index < -0.39 is 41.1 Å². The molecule has 1 aromatic heterocycles. The van der Waals surface area contributed by atoms with E-state index in [0.29, 0.717) is 11.3 Å². The van der Waals surface area contributed by atoms with E-state index in [0.717, 1.165) is 9.47 Å². The number of nitrogens with zero attached hydrogens (tertiary/aromatic N) is 2. The molecule has 34 heavy (non-hydrogen) atoms. The number of aromatic nitrogens is 1. The maximum absolute atomic E-state index is 13.8. The molecular formula is C25H26N2O7. The predicted molar refractivity (Wildman–Crippen MR) is 120 cm³/mol. The minimum atomic E-state index is -1.35. The number of aryl methyl sites for hydroxylation is 1. The Morgan fingerprint density at radius 2 is 1.59 bits per heavy atom. The molecule has 0 bridgehead atoms. The largest absolute Gasteiger partial charge is 0.465 e. The number of rotatable bonds is 6. The fraction of sp³-hybridized carbons (Fsp3) is 0.400. The number of ether oxygens (including phenoxy) is 2. The van der Waals surface area contributed by atoms with E-state index in [-0.39, 0.29) is 42.9 Å². The maximum Gasteiger partial charge on any atom is 0.355 e. The molecule has 0 radical (unpaired) electrons. The zero-order valence-corrected chi connectivity index (χ0v) is 19.5. The standard InChI is InChI=1S/C25H26N2O7/c1-5-25(24(32)34-7-3)13-17(26-20(28)15-10-8-9-11-16(15)21(26)29)22(30)27-18(25)12-14(4)19(27)23(31)33-6-2/h8-12,17H,5-7,13H2,1-4H3/t17-,25-/m0/s1. The van der Waals surface area contributed by atoms with Crippen LogP contribution in [0.1, 0.15) is 80.9 Å². The number of benzene rings is 1. The molecule has 178 valence electrons. The molecule has 0 saturated heterocycles. The summed E-state index contributed by atoms with van der Waals surface area (Å²) in [6.45, 7) is 6.93. The topological polar surface area (TPSA) is 112 Å². The van der Waals surface area contributed by atoms with Crippen molar-refractivity contribution in [2.24, 2.45) is 0 Å². The van der Waals surface area contributed by atoms with Gasteiger partial charge in [-0.05, 0) is 57.4 Å². The second-order valence-corrected chi connectivity index (χ2v) is 8.36. The zero-order valence-electron chi connectivity index (χ0n) is 19.5. The van der Waals surface area contributed by atoms with Crippen molar-refractivity contribution in [3.63, 3.8) is 0 Å². The van der Waals surface area contributed by atoms with Crippen molar-refractivity contribution in [1.29, 1.82) is 0 Å². The summed E-state index contributed by atoms with van der Waals surface area (Å²) in [5.74, 6) is -3.18. The first-order valence-electron chi connectivity index (χ1n) is 11.3. The quantitative estimate of drug-likeness (QED) is 0.475. The molecule has 0 unspecified atom stereocenters. The van der Waals surface area contributed by atoms with Crippen LogP contribution in [0.4, 0.5) is 0 Å². The van der Waals surface area contributed by atoms with E-state index in [1.54, 1.807) is 45.9 Å². The summed E-state index contributed by atoms with van der Waals surface area (Å²) in [5.41, 5.74) is -0.235. The van der Waals surface area contributed by atoms with Crippen LogP contribution < -0.4 is 0 Å². The van der Waals surface area contributed by atoms with Gasteiger partial charge < -0.3 is 9.47 Å². The summed E-state index contributed by atoms with van der Waals surface area (Å²) >= 11 is 0. The SMILES string of the molecule is CCOC(=O)c1c(C)cc2n1C(=O)[C@@H](N1C(=O)c3ccccc3C1=O)C[C@]2(CC)C(=O)OCC. The predicted octanol–water partition coefficient (Wildman–Crippen LogP) is 2.89. The molecule has 2 atom stereocenters. The number of fused-ring (bicyclic) bond motifs is 2. The molecule has 4 rings (SSSR count). The fourth-order valence-corrected chi connectivity index (χ4v) is 4.96. The number of hydrogen-bond acceptors (Lipinski definition) is 7. The van der Waals surface area contributed by atoms with Crippen LogP contribution in [-0.2, 0) is 19.7 Å². The van der Waals surface area contributed by atoms with Crippen molar-refractivity contribution >= 4 is 29.7 Å². The maximum atomic E-state index is 13.8. The average molecular weight is 466 g/mol. The number of amides is 2. The molecule has 3 heterocycles. The summed E-state index contributed by atoms with van der Waals surface area (Å²) in [6.07, 6.45) is 0.0862. The minimum absolute atomic E-state index is 0.0229. The first-order chi connectivity index (χ1) is 16.2. The number of carbonyl (C=O) groups excluding carboxylic acids is 5. The van der Waals surface area contributed by atoms with E-state index in [2.05, 4.69) is 0 Å². The van der Waals surface area contributed by atoms with E-state index in [4.69, 9.17) is 9.47 Å². The molecule has 2 aliphatic heterocycles. The third-order valence-corrected chi connectivity index (χ3v) is 6.60. The van der Waals surface area contributed by atoms with Gasteiger partial charge in [-0.3, -0.25) is 28.6 Å². The minimum Gasteiger partial charge on any atom is -0.465 e. The highest BCUT2D eigenvalue weighted by Gasteiger charge is 2.56. The van der Waals surface area contributed by atoms with Gasteiger partial charge in [0, 0.05) is 5.69 Å². The Morgan fingerprint density at radius 3 is 2.12 bits per heavy atom. The summed E-state index contributed by atoms with van der Waals surface area (Å²) in [5, 5.41) is 0. The molecule has 9 nitrogen and oxygen atoms in total. The molecule has 1 aromatic carbocycles. The Kier molecular flexibility index (Phi) is 5.89. The van der Waals surface area contributed by atoms with Crippen molar-refractivity contribution in [3.05, 3.63) is 58.4 Å². The van der Waals surface area contributed by atoms with Crippen LogP contribution in [-0.4, -0.2) is 58.4 Å². The highest BCUT2D eigenvalue weighted by atomic mass is 16.5. The lowest BCUT2D eigenvalue weighted by molar-refractivity contribution is -0.151. The second-order valence-electron chi connectivity index (χ2n) is 8.36. The second kappa shape index (κ2) is 8.55. The lowest BCUT2D eigenvalue weighted by Gasteiger charge is -2.41. The molecule has 0 spiro atoms. The summed E-state index contributed by atoms with van der Waals surface area (Å²) < 4.78 is 11.7. The molecule has 2 amide bonds. The highest BCUT2D eigenvalue weighted by molar-refractivity contribution is 6.23. The Labute approximate surface area is 196 Å². The van der Waals surface area contributed by atoms with Crippen molar-refractivity contribution < 1.29 is 33.4 Å². The third-order valence-electron chi connectivity index (χ3n) is 6.60. The van der Waals surface area contributed by atoms with Gasteiger partial charge in [0.05, 0.1) is 24.3 Å². The van der Waals surface area contributed by atoms with Gasteiger partial charge in [-0.1, -0.05) is 19.1 Å². The molecule has 2 aliphatic rings. The monoisotopic (exact) mass is 466 g/mol. The molecular weight excluding hydrogens is 440 g/mol. The van der Waals surface area contributed by atoms with Gasteiger partial charge in [-0.2, -0.15) is 0 Å². The number of imide groups is 1. The van der Waals surface area contributed by atoms with E-state index in [9.17, 15) is 24.0 Å². The molecule has 0 saturated carbocycles. The van der Waals surface area contributed by atoms with Gasteiger partial charge in [0.15, 0.2) is 0 Å². The third kappa shape index (κ3) is 3.18. The lowest BCUT2D eigenvalue weighted by Crippen LogP contribution is -2.57. The van der Waals surface area contributed by atoms with Crippen LogP contribution in [0.3, 0.4) is 0 Å². The van der Waals surface area contributed by atoms with Crippen LogP contribution in [0.25, 0.3) is 0 Å². The summed E-state index contributed by atoms with van der Waals surface area (Å²) in [7, 11) is 0. The van der Waals surface area contributed by atoms with Gasteiger partial charge in [0.2, 0.25) is 0 Å². The first kappa shape index (κ1) is 23.4. The summed E-state index contributed by atoms with van der Waals surface area (Å²) in [4.78, 5) is 67.3. The lowest BCUT2D eigenvalue weighted by atomic mass is 9.73. The van der Waals surface area contributed by atoms with Gasteiger partial charge in [-0.15, -0.1) is 0 Å². The van der Waals surface area contributed by atoms with Crippen molar-refractivity contribution in [2.75, 3.05) is 13.2 Å². The van der Waals surface area contributed by atoms with Gasteiger partial charge >= 0.3 is 11.9 Å². The Balaban J connectivity index is 1.93. The molecule has 9 heteroatoms. The van der Waals surface area contributed by atoms with E-state index >= 15 is 0 Å². The van der Waals surface area contributed by atoms with Gasteiger partial charge in [0.25, 0.3) is 17.7 Å². The Morgan fingerprint density at radius 1 is 1.00 bits per heavy atom. The van der Waals surface area contributed by atoms with Crippen LogP contribution in [0.2, 0.25) is 0 Å². The summed E-state index contributed by atoms with van der Waals surface area (Å²) in [6, 6.07) is 6.63. The number of carbonyl (C=O) groups is 5. The van der Waals surface area contributed by atoms with Crippen molar-refractivity contribution in [1.82, 2.24) is 9.47 Å². The molecule has 2 aromatic rings. The number of esters is 2. The number of hydrogen-bond donors (Lipinski definition) is 0. The average Bonchev–Trinajstić information content (AvgIpc) is 3.30. The molecule has 0 N–H and O–H groups in total. The van der Waals surface area contributed by atoms with Gasteiger partial charge in [-0.25, -0.2) is 4.79 Å². The van der Waals surface area contributed by atoms with Crippen LogP contribution in [0.15, 0.2) is 30.3 Å². The fourth-order valence-electron chi connectivity index (χ4n) is 4.96. The van der Waals surface area contributed by atoms with Gasteiger partial charge in [0.1, 0.15) is 17.2 Å². The van der Waals surface area contributed by atoms with Crippen molar-refractivity contribution in [3.8, 4) is 0 Å². The van der Waals surface area contributed by atoms with Crippen LogP contribution in [0.5, 0.6) is 0 Å². The van der Waals surface area contributed by atoms with Crippen molar-refractivity contribution in [2.45, 2.75) is 52.0 Å². The highest BCUT2D eigenvalue weighted by Crippen LogP contribution is 2.43. The van der Waals surface area contributed by atoms with E-state index in [1.807, 2.05) is 0 Å². The normalized spacial score (nSPS) is 21.4. The van der Waals surface area contributed by atoms with E-state index in [1.165, 1.54) is 12.1 Å². The first-order valence-corrected chi connectivity index (χ1v) is 11.3. The Hall–Kier alpha value is -3.75. The Bertz CT molecular complexity index is 1190. The molecule has 0 aliphatic carbocycles. The van der Waals surface area contributed by atoms with Crippen LogP contribution in [0, 0.1) is 6.92 Å². The smallest absolute Gasteiger partial charge is 0.355 e.